The maximum absolute atomic E-state index is 12.1. The maximum Gasteiger partial charge on any atom is 0.269 e. The second-order valence-electron chi connectivity index (χ2n) is 4.99. The molecule has 0 amide bonds. The van der Waals surface area contributed by atoms with Gasteiger partial charge in [-0.05, 0) is 31.2 Å². The fourth-order valence-electron chi connectivity index (χ4n) is 2.26. The first-order valence-corrected chi connectivity index (χ1v) is 6.90. The highest BCUT2D eigenvalue weighted by Crippen LogP contribution is 2.18. The van der Waals surface area contributed by atoms with Crippen molar-refractivity contribution in [1.29, 1.82) is 0 Å². The van der Waals surface area contributed by atoms with Crippen LogP contribution in [0.3, 0.4) is 0 Å². The fraction of sp³-hybridized carbons (Fsp3) is 0.125. The molecule has 0 bridgehead atoms. The van der Waals surface area contributed by atoms with Gasteiger partial charge >= 0.3 is 0 Å². The Morgan fingerprint density at radius 3 is 2.65 bits per heavy atom. The molecule has 3 aromatic rings. The van der Waals surface area contributed by atoms with Crippen LogP contribution in [0.2, 0.25) is 0 Å². The van der Waals surface area contributed by atoms with Crippen LogP contribution in [0.15, 0.2) is 53.3 Å². The van der Waals surface area contributed by atoms with Gasteiger partial charge in [0.1, 0.15) is 18.0 Å². The second kappa shape index (κ2) is 5.88. The standard InChI is InChI=1S/C16H13N3O4/c1-11-3-2-4-15-17-12(9-16(20)18(11)15)10-23-14-7-5-13(6-8-14)19(21)22/h2-9H,10H2,1H3. The number of aromatic nitrogens is 2. The molecule has 0 aliphatic heterocycles. The minimum Gasteiger partial charge on any atom is -0.487 e. The van der Waals surface area contributed by atoms with Gasteiger partial charge in [-0.15, -0.1) is 0 Å². The summed E-state index contributed by atoms with van der Waals surface area (Å²) in [5, 5.41) is 10.6. The number of benzene rings is 1. The van der Waals surface area contributed by atoms with Gasteiger partial charge in [-0.1, -0.05) is 6.07 Å². The lowest BCUT2D eigenvalue weighted by Gasteiger charge is -2.08. The minimum absolute atomic E-state index is 0.00472. The lowest BCUT2D eigenvalue weighted by molar-refractivity contribution is -0.384. The third kappa shape index (κ3) is 3.03. The third-order valence-corrected chi connectivity index (χ3v) is 3.37. The van der Waals surface area contributed by atoms with E-state index in [-0.39, 0.29) is 17.9 Å². The van der Waals surface area contributed by atoms with Crippen LogP contribution >= 0.6 is 0 Å². The Bertz CT molecular complexity index is 932. The van der Waals surface area contributed by atoms with Crippen LogP contribution in [0.1, 0.15) is 11.4 Å². The van der Waals surface area contributed by atoms with Crippen LogP contribution in [-0.4, -0.2) is 14.3 Å². The van der Waals surface area contributed by atoms with E-state index in [0.29, 0.717) is 17.1 Å². The van der Waals surface area contributed by atoms with E-state index in [2.05, 4.69) is 4.98 Å². The molecule has 0 unspecified atom stereocenters. The zero-order valence-electron chi connectivity index (χ0n) is 12.3. The van der Waals surface area contributed by atoms with Crippen LogP contribution < -0.4 is 10.3 Å². The van der Waals surface area contributed by atoms with Gasteiger partial charge in [0.05, 0.1) is 10.6 Å². The van der Waals surface area contributed by atoms with Crippen molar-refractivity contribution in [2.24, 2.45) is 0 Å². The van der Waals surface area contributed by atoms with E-state index in [1.54, 1.807) is 6.07 Å². The molecule has 7 heteroatoms. The Morgan fingerprint density at radius 1 is 1.22 bits per heavy atom. The number of aryl methyl sites for hydroxylation is 1. The normalized spacial score (nSPS) is 10.7. The third-order valence-electron chi connectivity index (χ3n) is 3.37. The molecule has 0 aliphatic carbocycles. The smallest absolute Gasteiger partial charge is 0.269 e. The van der Waals surface area contributed by atoms with Crippen LogP contribution in [0.25, 0.3) is 5.65 Å². The molecule has 2 heterocycles. The number of nitro benzene ring substituents is 1. The van der Waals surface area contributed by atoms with Crippen molar-refractivity contribution in [3.05, 3.63) is 80.4 Å². The van der Waals surface area contributed by atoms with Crippen molar-refractivity contribution in [2.75, 3.05) is 0 Å². The number of pyridine rings is 1. The summed E-state index contributed by atoms with van der Waals surface area (Å²) in [7, 11) is 0. The Morgan fingerprint density at radius 2 is 1.96 bits per heavy atom. The van der Waals surface area contributed by atoms with E-state index in [9.17, 15) is 14.9 Å². The maximum atomic E-state index is 12.1. The number of nitrogens with zero attached hydrogens (tertiary/aromatic N) is 3. The molecule has 7 nitrogen and oxygen atoms in total. The number of non-ortho nitro benzene ring substituents is 1. The summed E-state index contributed by atoms with van der Waals surface area (Å²) in [6.45, 7) is 1.95. The van der Waals surface area contributed by atoms with E-state index >= 15 is 0 Å². The molecule has 0 atom stereocenters. The van der Waals surface area contributed by atoms with Crippen LogP contribution in [0, 0.1) is 17.0 Å². The summed E-state index contributed by atoms with van der Waals surface area (Å²) in [5.74, 6) is 0.474. The Hall–Kier alpha value is -3.22. The Balaban J connectivity index is 1.82. The summed E-state index contributed by atoms with van der Waals surface area (Å²) >= 11 is 0. The lowest BCUT2D eigenvalue weighted by Crippen LogP contribution is -2.18. The molecule has 0 fully saturated rings. The highest BCUT2D eigenvalue weighted by molar-refractivity contribution is 5.40. The van der Waals surface area contributed by atoms with E-state index in [1.807, 2.05) is 19.1 Å². The minimum atomic E-state index is -0.474. The van der Waals surface area contributed by atoms with Gasteiger partial charge in [-0.3, -0.25) is 19.3 Å². The number of fused-ring (bicyclic) bond motifs is 1. The van der Waals surface area contributed by atoms with Crippen LogP contribution in [0.5, 0.6) is 5.75 Å². The summed E-state index contributed by atoms with van der Waals surface area (Å²) < 4.78 is 7.05. The lowest BCUT2D eigenvalue weighted by atomic mass is 10.3. The monoisotopic (exact) mass is 311 g/mol. The van der Waals surface area contributed by atoms with Crippen molar-refractivity contribution in [3.8, 4) is 5.75 Å². The summed E-state index contributed by atoms with van der Waals surface area (Å²) in [6, 6.07) is 12.6. The van der Waals surface area contributed by atoms with Crippen molar-refractivity contribution >= 4 is 11.3 Å². The molecule has 0 aliphatic rings. The molecule has 3 rings (SSSR count). The number of rotatable bonds is 4. The van der Waals surface area contributed by atoms with Gasteiger partial charge in [0.25, 0.3) is 11.2 Å². The van der Waals surface area contributed by atoms with E-state index in [1.165, 1.54) is 34.7 Å². The summed E-state index contributed by atoms with van der Waals surface area (Å²) in [4.78, 5) is 26.7. The zero-order chi connectivity index (χ0) is 16.4. The topological polar surface area (TPSA) is 86.7 Å². The first-order valence-electron chi connectivity index (χ1n) is 6.90. The molecule has 0 spiro atoms. The molecular weight excluding hydrogens is 298 g/mol. The van der Waals surface area contributed by atoms with Gasteiger partial charge in [-0.25, -0.2) is 4.98 Å². The van der Waals surface area contributed by atoms with E-state index in [4.69, 9.17) is 4.74 Å². The fourth-order valence-corrected chi connectivity index (χ4v) is 2.26. The quantitative estimate of drug-likeness (QED) is 0.545. The first-order chi connectivity index (χ1) is 11.0. The zero-order valence-corrected chi connectivity index (χ0v) is 12.3. The predicted molar refractivity (Wildman–Crippen MR) is 83.6 cm³/mol. The largest absolute Gasteiger partial charge is 0.487 e. The van der Waals surface area contributed by atoms with E-state index < -0.39 is 4.92 Å². The van der Waals surface area contributed by atoms with Crippen molar-refractivity contribution < 1.29 is 9.66 Å². The van der Waals surface area contributed by atoms with Gasteiger partial charge in [0.15, 0.2) is 0 Å². The van der Waals surface area contributed by atoms with Crippen molar-refractivity contribution in [3.63, 3.8) is 0 Å². The molecule has 0 saturated carbocycles. The Kier molecular flexibility index (Phi) is 3.76. The predicted octanol–water partition coefficient (Wildman–Crippen LogP) is 2.49. The SMILES string of the molecule is Cc1cccc2nc(COc3ccc([N+](=O)[O-])cc3)cc(=O)n12. The first kappa shape index (κ1) is 14.7. The Labute approximate surface area is 130 Å². The molecule has 0 radical (unpaired) electrons. The van der Waals surface area contributed by atoms with Crippen LogP contribution in [-0.2, 0) is 6.61 Å². The van der Waals surface area contributed by atoms with E-state index in [0.717, 1.165) is 5.69 Å². The van der Waals surface area contributed by atoms with Gasteiger partial charge in [-0.2, -0.15) is 0 Å². The highest BCUT2D eigenvalue weighted by Gasteiger charge is 2.07. The molecular formula is C16H13N3O4. The number of hydrogen-bond acceptors (Lipinski definition) is 5. The number of nitro groups is 1. The van der Waals surface area contributed by atoms with Crippen molar-refractivity contribution in [1.82, 2.24) is 9.38 Å². The van der Waals surface area contributed by atoms with Gasteiger partial charge < -0.3 is 4.74 Å². The number of ether oxygens (including phenoxy) is 1. The molecule has 23 heavy (non-hydrogen) atoms. The number of hydrogen-bond donors (Lipinski definition) is 0. The average molecular weight is 311 g/mol. The van der Waals surface area contributed by atoms with Gasteiger partial charge in [0.2, 0.25) is 0 Å². The van der Waals surface area contributed by atoms with Crippen LogP contribution in [0.4, 0.5) is 5.69 Å². The second-order valence-corrected chi connectivity index (χ2v) is 4.99. The molecule has 0 N–H and O–H groups in total. The summed E-state index contributed by atoms with van der Waals surface area (Å²) in [6.07, 6.45) is 0. The van der Waals surface area contributed by atoms with Crippen molar-refractivity contribution in [2.45, 2.75) is 13.5 Å². The molecule has 2 aromatic heterocycles. The average Bonchev–Trinajstić information content (AvgIpc) is 2.53. The highest BCUT2D eigenvalue weighted by atomic mass is 16.6. The molecule has 1 aromatic carbocycles. The van der Waals surface area contributed by atoms with Gasteiger partial charge in [0, 0.05) is 23.9 Å². The molecule has 0 saturated heterocycles. The summed E-state index contributed by atoms with van der Waals surface area (Å²) in [5.41, 5.74) is 1.69. The molecule has 116 valence electrons.